The summed E-state index contributed by atoms with van der Waals surface area (Å²) in [6, 6.07) is 0.721. The summed E-state index contributed by atoms with van der Waals surface area (Å²) in [5.41, 5.74) is 0. The first-order valence-electron chi connectivity index (χ1n) is 5.54. The van der Waals surface area contributed by atoms with E-state index in [2.05, 4.69) is 44.5 Å². The van der Waals surface area contributed by atoms with Crippen molar-refractivity contribution in [2.24, 2.45) is 5.92 Å². The molecule has 13 heavy (non-hydrogen) atoms. The molecule has 2 nitrogen and oxygen atoms in total. The Bertz CT molecular complexity index is 156. The molecule has 0 N–H and O–H groups in total. The van der Waals surface area contributed by atoms with Crippen LogP contribution < -0.4 is 0 Å². The molecule has 0 aromatic carbocycles. The van der Waals surface area contributed by atoms with E-state index in [9.17, 15) is 0 Å². The van der Waals surface area contributed by atoms with Gasteiger partial charge in [-0.05, 0) is 32.9 Å². The molecule has 1 heterocycles. The van der Waals surface area contributed by atoms with E-state index in [1.807, 2.05) is 0 Å². The summed E-state index contributed by atoms with van der Waals surface area (Å²) < 4.78 is 0. The van der Waals surface area contributed by atoms with Gasteiger partial charge in [0.1, 0.15) is 0 Å². The number of rotatable bonds is 3. The lowest BCUT2D eigenvalue weighted by Crippen LogP contribution is -2.41. The predicted octanol–water partition coefficient (Wildman–Crippen LogP) is 2.01. The molecule has 1 fully saturated rings. The normalized spacial score (nSPS) is 31.8. The van der Waals surface area contributed by atoms with E-state index >= 15 is 0 Å². The Balaban J connectivity index is 2.63. The summed E-state index contributed by atoms with van der Waals surface area (Å²) in [6.07, 6.45) is 1.93. The van der Waals surface area contributed by atoms with E-state index in [1.54, 1.807) is 0 Å². The van der Waals surface area contributed by atoms with Crippen LogP contribution in [-0.2, 0) is 0 Å². The zero-order valence-electron chi connectivity index (χ0n) is 9.75. The van der Waals surface area contributed by atoms with Gasteiger partial charge in [-0.1, -0.05) is 20.8 Å². The fourth-order valence-electron chi connectivity index (χ4n) is 2.50. The van der Waals surface area contributed by atoms with Crippen molar-refractivity contribution >= 4 is 0 Å². The molecule has 0 radical (unpaired) electrons. The number of hydrogen-bond acceptors (Lipinski definition) is 2. The van der Waals surface area contributed by atoms with E-state index in [0.717, 1.165) is 12.0 Å². The fourth-order valence-corrected chi connectivity index (χ4v) is 2.50. The third kappa shape index (κ3) is 2.23. The van der Waals surface area contributed by atoms with Gasteiger partial charge >= 0.3 is 0 Å². The summed E-state index contributed by atoms with van der Waals surface area (Å²) >= 11 is 0. The molecule has 1 rings (SSSR count). The summed E-state index contributed by atoms with van der Waals surface area (Å²) in [7, 11) is 2.25. The molecule has 1 unspecified atom stereocenters. The minimum absolute atomic E-state index is 0.662. The fraction of sp³-hybridized carbons (Fsp3) is 1.00. The van der Waals surface area contributed by atoms with Crippen LogP contribution in [-0.4, -0.2) is 42.1 Å². The molecule has 0 saturated carbocycles. The van der Waals surface area contributed by atoms with Gasteiger partial charge in [-0.25, -0.2) is 0 Å². The SMILES string of the molecule is CCCN1C[C@H](C)N(C)C1C(C)C. The van der Waals surface area contributed by atoms with Gasteiger partial charge < -0.3 is 0 Å². The third-order valence-electron chi connectivity index (χ3n) is 3.09. The van der Waals surface area contributed by atoms with Crippen LogP contribution >= 0.6 is 0 Å². The highest BCUT2D eigenvalue weighted by Gasteiger charge is 2.35. The lowest BCUT2D eigenvalue weighted by Gasteiger charge is -2.31. The molecular weight excluding hydrogens is 160 g/mol. The second-order valence-electron chi connectivity index (χ2n) is 4.67. The second kappa shape index (κ2) is 4.43. The highest BCUT2D eigenvalue weighted by molar-refractivity contribution is 4.86. The molecule has 1 saturated heterocycles. The molecule has 0 spiro atoms. The van der Waals surface area contributed by atoms with Gasteiger partial charge in [0.15, 0.2) is 0 Å². The van der Waals surface area contributed by atoms with E-state index in [1.165, 1.54) is 19.5 Å². The monoisotopic (exact) mass is 184 g/mol. The Morgan fingerprint density at radius 2 is 2.00 bits per heavy atom. The van der Waals surface area contributed by atoms with E-state index in [0.29, 0.717) is 6.17 Å². The molecule has 0 bridgehead atoms. The van der Waals surface area contributed by atoms with E-state index in [-0.39, 0.29) is 0 Å². The summed E-state index contributed by atoms with van der Waals surface area (Å²) in [5.74, 6) is 0.737. The van der Waals surface area contributed by atoms with E-state index < -0.39 is 0 Å². The van der Waals surface area contributed by atoms with Crippen molar-refractivity contribution in [3.8, 4) is 0 Å². The van der Waals surface area contributed by atoms with Crippen LogP contribution in [0.3, 0.4) is 0 Å². The predicted molar refractivity (Wildman–Crippen MR) is 57.7 cm³/mol. The Morgan fingerprint density at radius 1 is 1.38 bits per heavy atom. The summed E-state index contributed by atoms with van der Waals surface area (Å²) in [4.78, 5) is 5.13. The lowest BCUT2D eigenvalue weighted by molar-refractivity contribution is 0.104. The van der Waals surface area contributed by atoms with Crippen LogP contribution in [0.4, 0.5) is 0 Å². The zero-order chi connectivity index (χ0) is 10.0. The average molecular weight is 184 g/mol. The van der Waals surface area contributed by atoms with Crippen molar-refractivity contribution in [2.45, 2.75) is 46.3 Å². The Hall–Kier alpha value is -0.0800. The molecule has 0 amide bonds. The van der Waals surface area contributed by atoms with Crippen molar-refractivity contribution in [3.05, 3.63) is 0 Å². The average Bonchev–Trinajstić information content (AvgIpc) is 2.28. The van der Waals surface area contributed by atoms with Gasteiger partial charge in [0.2, 0.25) is 0 Å². The Kier molecular flexibility index (Phi) is 3.74. The molecule has 78 valence electrons. The van der Waals surface area contributed by atoms with Gasteiger partial charge in [-0.3, -0.25) is 9.80 Å². The standard InChI is InChI=1S/C11H24N2/c1-6-7-13-8-10(4)12(5)11(13)9(2)3/h9-11H,6-8H2,1-5H3/t10-,11?/m0/s1. The Morgan fingerprint density at radius 3 is 2.46 bits per heavy atom. The first-order valence-corrected chi connectivity index (χ1v) is 5.54. The van der Waals surface area contributed by atoms with Gasteiger partial charge in [-0.15, -0.1) is 0 Å². The van der Waals surface area contributed by atoms with Crippen molar-refractivity contribution < 1.29 is 0 Å². The molecular formula is C11H24N2. The topological polar surface area (TPSA) is 6.48 Å². The lowest BCUT2D eigenvalue weighted by atomic mass is 10.1. The van der Waals surface area contributed by atoms with Crippen LogP contribution in [0.25, 0.3) is 0 Å². The zero-order valence-corrected chi connectivity index (χ0v) is 9.75. The number of hydrogen-bond donors (Lipinski definition) is 0. The van der Waals surface area contributed by atoms with Crippen LogP contribution in [0, 0.1) is 5.92 Å². The Labute approximate surface area is 82.9 Å². The van der Waals surface area contributed by atoms with Crippen molar-refractivity contribution in [1.29, 1.82) is 0 Å². The first kappa shape index (κ1) is 11.0. The van der Waals surface area contributed by atoms with Crippen molar-refractivity contribution in [1.82, 2.24) is 9.80 Å². The second-order valence-corrected chi connectivity index (χ2v) is 4.67. The maximum Gasteiger partial charge on any atom is 0.0646 e. The largest absolute Gasteiger partial charge is 0.287 e. The number of likely N-dealkylation sites (N-methyl/N-ethyl adjacent to an activating group) is 1. The number of nitrogens with zero attached hydrogens (tertiary/aromatic N) is 2. The van der Waals surface area contributed by atoms with Crippen molar-refractivity contribution in [2.75, 3.05) is 20.1 Å². The van der Waals surface area contributed by atoms with Crippen LogP contribution in [0.2, 0.25) is 0 Å². The maximum absolute atomic E-state index is 2.62. The molecule has 0 aromatic rings. The minimum atomic E-state index is 0.662. The van der Waals surface area contributed by atoms with Gasteiger partial charge in [0.25, 0.3) is 0 Å². The molecule has 1 aliphatic heterocycles. The highest BCUT2D eigenvalue weighted by atomic mass is 15.4. The first-order chi connectivity index (χ1) is 6.07. The van der Waals surface area contributed by atoms with Crippen LogP contribution in [0.1, 0.15) is 34.1 Å². The summed E-state index contributed by atoms with van der Waals surface area (Å²) in [6.45, 7) is 11.7. The van der Waals surface area contributed by atoms with E-state index in [4.69, 9.17) is 0 Å². The molecule has 1 aliphatic rings. The smallest absolute Gasteiger partial charge is 0.0646 e. The molecule has 2 atom stereocenters. The summed E-state index contributed by atoms with van der Waals surface area (Å²) in [5, 5.41) is 0. The van der Waals surface area contributed by atoms with Crippen LogP contribution in [0.15, 0.2) is 0 Å². The molecule has 0 aromatic heterocycles. The quantitative estimate of drug-likeness (QED) is 0.662. The van der Waals surface area contributed by atoms with Gasteiger partial charge in [0, 0.05) is 12.6 Å². The third-order valence-corrected chi connectivity index (χ3v) is 3.09. The van der Waals surface area contributed by atoms with Crippen LogP contribution in [0.5, 0.6) is 0 Å². The van der Waals surface area contributed by atoms with Crippen molar-refractivity contribution in [3.63, 3.8) is 0 Å². The highest BCUT2D eigenvalue weighted by Crippen LogP contribution is 2.24. The minimum Gasteiger partial charge on any atom is -0.287 e. The maximum atomic E-state index is 2.62. The van der Waals surface area contributed by atoms with Gasteiger partial charge in [-0.2, -0.15) is 0 Å². The van der Waals surface area contributed by atoms with Gasteiger partial charge in [0.05, 0.1) is 6.17 Å². The molecule has 0 aliphatic carbocycles. The molecule has 2 heteroatoms.